The predicted octanol–water partition coefficient (Wildman–Crippen LogP) is 4.12. The van der Waals surface area contributed by atoms with Crippen molar-refractivity contribution < 1.29 is 9.59 Å². The third-order valence-corrected chi connectivity index (χ3v) is 7.55. The molecule has 0 bridgehead atoms. The normalized spacial score (nSPS) is 19.8. The number of fused-ring (bicyclic) bond motifs is 5. The highest BCUT2D eigenvalue weighted by Crippen LogP contribution is 2.47. The van der Waals surface area contributed by atoms with Gasteiger partial charge in [0, 0.05) is 34.9 Å². The van der Waals surface area contributed by atoms with Crippen molar-refractivity contribution in [2.24, 2.45) is 0 Å². The van der Waals surface area contributed by atoms with Crippen LogP contribution in [0.25, 0.3) is 10.9 Å². The maximum absolute atomic E-state index is 13.0. The number of carbonyl (C=O) groups excluding carboxylic acids is 2. The van der Waals surface area contributed by atoms with Gasteiger partial charge in [-0.05, 0) is 72.4 Å². The van der Waals surface area contributed by atoms with E-state index in [2.05, 4.69) is 39.1 Å². The largest absolute Gasteiger partial charge is 0.379 e. The fourth-order valence-corrected chi connectivity index (χ4v) is 5.81. The van der Waals surface area contributed by atoms with Crippen molar-refractivity contribution >= 4 is 39.9 Å². The van der Waals surface area contributed by atoms with Gasteiger partial charge in [-0.15, -0.1) is 0 Å². The average Bonchev–Trinajstić information content (AvgIpc) is 3.37. The molecule has 1 unspecified atom stereocenters. The van der Waals surface area contributed by atoms with Gasteiger partial charge in [0.05, 0.1) is 23.2 Å². The topological polar surface area (TPSA) is 96.0 Å². The Morgan fingerprint density at radius 3 is 2.74 bits per heavy atom. The first kappa shape index (κ1) is 20.1. The predicted molar refractivity (Wildman–Crippen MR) is 134 cm³/mol. The zero-order chi connectivity index (χ0) is 23.6. The van der Waals surface area contributed by atoms with Crippen LogP contribution >= 0.6 is 0 Å². The fourth-order valence-electron chi connectivity index (χ4n) is 5.81. The number of nitrogens with one attached hydrogen (secondary N) is 3. The third kappa shape index (κ3) is 3.11. The van der Waals surface area contributed by atoms with Crippen LogP contribution in [-0.2, 0) is 40.8 Å². The molecule has 4 heterocycles. The Morgan fingerprint density at radius 1 is 0.943 bits per heavy atom. The van der Waals surface area contributed by atoms with Gasteiger partial charge < -0.3 is 16.0 Å². The Balaban J connectivity index is 1.17. The third-order valence-electron chi connectivity index (χ3n) is 7.55. The Kier molecular flexibility index (Phi) is 4.24. The van der Waals surface area contributed by atoms with Crippen LogP contribution in [0.2, 0.25) is 0 Å². The van der Waals surface area contributed by atoms with E-state index in [0.717, 1.165) is 45.5 Å². The van der Waals surface area contributed by atoms with Gasteiger partial charge in [0.2, 0.25) is 11.8 Å². The Morgan fingerprint density at radius 2 is 1.83 bits per heavy atom. The number of hydrogen-bond acceptors (Lipinski definition) is 5. The Labute approximate surface area is 202 Å². The summed E-state index contributed by atoms with van der Waals surface area (Å²) in [5.41, 5.74) is 7.73. The summed E-state index contributed by atoms with van der Waals surface area (Å²) < 4.78 is 0. The quantitative estimate of drug-likeness (QED) is 0.427. The molecule has 35 heavy (non-hydrogen) atoms. The summed E-state index contributed by atoms with van der Waals surface area (Å²) in [6, 6.07) is 18.3. The number of aromatic nitrogens is 2. The van der Waals surface area contributed by atoms with Crippen LogP contribution < -0.4 is 16.0 Å². The maximum Gasteiger partial charge on any atom is 0.237 e. The van der Waals surface area contributed by atoms with Gasteiger partial charge in [0.1, 0.15) is 5.82 Å². The summed E-state index contributed by atoms with van der Waals surface area (Å²) >= 11 is 0. The lowest BCUT2D eigenvalue weighted by atomic mass is 9.79. The van der Waals surface area contributed by atoms with Crippen molar-refractivity contribution in [3.05, 3.63) is 88.7 Å². The molecule has 3 aliphatic rings. The van der Waals surface area contributed by atoms with Crippen LogP contribution in [-0.4, -0.2) is 21.8 Å². The van der Waals surface area contributed by atoms with E-state index in [4.69, 9.17) is 4.98 Å². The van der Waals surface area contributed by atoms with Crippen LogP contribution in [0.3, 0.4) is 0 Å². The highest BCUT2D eigenvalue weighted by molar-refractivity contribution is 6.06. The minimum absolute atomic E-state index is 0.0340. The molecule has 0 saturated heterocycles. The van der Waals surface area contributed by atoms with Crippen LogP contribution in [0.4, 0.5) is 17.2 Å². The van der Waals surface area contributed by atoms with Crippen molar-refractivity contribution in [3.63, 3.8) is 0 Å². The van der Waals surface area contributed by atoms with Crippen molar-refractivity contribution in [1.29, 1.82) is 0 Å². The molecule has 4 aromatic rings. The summed E-state index contributed by atoms with van der Waals surface area (Å²) in [5.74, 6) is 0.783. The van der Waals surface area contributed by atoms with Gasteiger partial charge in [-0.25, -0.2) is 4.98 Å². The first-order valence-electron chi connectivity index (χ1n) is 11.9. The van der Waals surface area contributed by atoms with Crippen molar-refractivity contribution in [1.82, 2.24) is 9.97 Å². The van der Waals surface area contributed by atoms with Crippen LogP contribution in [0, 0.1) is 0 Å². The number of amides is 2. The highest BCUT2D eigenvalue weighted by Gasteiger charge is 2.51. The minimum atomic E-state index is -0.574. The Hall–Kier alpha value is -4.26. The molecule has 1 aliphatic carbocycles. The first-order valence-corrected chi connectivity index (χ1v) is 11.9. The van der Waals surface area contributed by atoms with Gasteiger partial charge in [-0.2, -0.15) is 0 Å². The molecule has 1 spiro atoms. The molecule has 2 aliphatic heterocycles. The van der Waals surface area contributed by atoms with Crippen LogP contribution in [0.5, 0.6) is 0 Å². The average molecular weight is 462 g/mol. The van der Waals surface area contributed by atoms with E-state index in [-0.39, 0.29) is 11.8 Å². The second-order valence-electron chi connectivity index (χ2n) is 9.64. The molecule has 7 rings (SSSR count). The summed E-state index contributed by atoms with van der Waals surface area (Å²) in [4.78, 5) is 34.0. The van der Waals surface area contributed by atoms with E-state index in [1.807, 2.05) is 36.4 Å². The summed E-state index contributed by atoms with van der Waals surface area (Å²) in [5, 5.41) is 10.5. The van der Waals surface area contributed by atoms with Gasteiger partial charge in [0.25, 0.3) is 0 Å². The van der Waals surface area contributed by atoms with Crippen molar-refractivity contribution in [3.8, 4) is 0 Å². The number of pyridine rings is 2. The van der Waals surface area contributed by atoms with Gasteiger partial charge in [-0.3, -0.25) is 14.6 Å². The molecule has 0 fully saturated rings. The number of nitrogens with zero attached hydrogens (tertiary/aromatic N) is 2. The molecule has 0 saturated carbocycles. The monoisotopic (exact) mass is 461 g/mol. The number of carbonyl (C=O) groups is 2. The van der Waals surface area contributed by atoms with E-state index in [1.165, 1.54) is 11.1 Å². The van der Waals surface area contributed by atoms with Gasteiger partial charge >= 0.3 is 0 Å². The van der Waals surface area contributed by atoms with E-state index >= 15 is 0 Å². The van der Waals surface area contributed by atoms with E-state index in [1.54, 1.807) is 6.20 Å². The molecule has 7 heteroatoms. The second-order valence-corrected chi connectivity index (χ2v) is 9.64. The SMILES string of the molecule is O=C1CCc2c(NCc3ccc4cc5c(cc4n3)CC3(C5)C(=O)Nc4ncccc43)cccc2N1. The molecule has 2 amide bonds. The van der Waals surface area contributed by atoms with E-state index in [9.17, 15) is 9.59 Å². The molecule has 2 aromatic heterocycles. The lowest BCUT2D eigenvalue weighted by molar-refractivity contribution is -0.120. The van der Waals surface area contributed by atoms with Crippen molar-refractivity contribution in [2.75, 3.05) is 16.0 Å². The maximum atomic E-state index is 13.0. The van der Waals surface area contributed by atoms with E-state index < -0.39 is 5.41 Å². The summed E-state index contributed by atoms with van der Waals surface area (Å²) in [6.07, 6.45) is 4.30. The molecule has 7 nitrogen and oxygen atoms in total. The second kappa shape index (κ2) is 7.37. The van der Waals surface area contributed by atoms with Crippen LogP contribution in [0.15, 0.2) is 60.8 Å². The molecule has 0 radical (unpaired) electrons. The molecule has 3 N–H and O–H groups in total. The summed E-state index contributed by atoms with van der Waals surface area (Å²) in [7, 11) is 0. The molecular formula is C28H23N5O2. The zero-order valence-electron chi connectivity index (χ0n) is 19.0. The first-order chi connectivity index (χ1) is 17.1. The lowest BCUT2D eigenvalue weighted by Gasteiger charge is -2.20. The number of rotatable bonds is 3. The summed E-state index contributed by atoms with van der Waals surface area (Å²) in [6.45, 7) is 0.586. The zero-order valence-corrected chi connectivity index (χ0v) is 19.0. The molecule has 2 aromatic carbocycles. The molecular weight excluding hydrogens is 438 g/mol. The number of anilines is 3. The van der Waals surface area contributed by atoms with E-state index in [0.29, 0.717) is 31.6 Å². The van der Waals surface area contributed by atoms with Crippen molar-refractivity contribution in [2.45, 2.75) is 37.6 Å². The highest BCUT2D eigenvalue weighted by atomic mass is 16.2. The molecule has 1 atom stereocenters. The smallest absolute Gasteiger partial charge is 0.237 e. The lowest BCUT2D eigenvalue weighted by Crippen LogP contribution is -2.35. The minimum Gasteiger partial charge on any atom is -0.379 e. The standard InChI is InChI=1S/C28H23N5O2/c34-25-9-8-20-22(4-1-5-23(20)32-25)30-15-19-7-6-16-11-17-13-28(14-18(17)12-24(16)31-19)21-3-2-10-29-26(21)33-27(28)35/h1-7,10-12,30H,8-9,13-15H2,(H,32,34)(H,29,33,35). The van der Waals surface area contributed by atoms with Crippen LogP contribution in [0.1, 0.15) is 34.4 Å². The fraction of sp³-hybridized carbons (Fsp3) is 0.214. The molecule has 172 valence electrons. The van der Waals surface area contributed by atoms with Gasteiger partial charge in [-0.1, -0.05) is 18.2 Å². The Bertz CT molecular complexity index is 1560. The van der Waals surface area contributed by atoms with Gasteiger partial charge in [0.15, 0.2) is 0 Å². The number of hydrogen-bond donors (Lipinski definition) is 3. The number of benzene rings is 2.